The Morgan fingerprint density at radius 3 is 2.41 bits per heavy atom. The summed E-state index contributed by atoms with van der Waals surface area (Å²) in [4.78, 5) is 36.7. The number of nitrogens with zero attached hydrogens (tertiary/aromatic N) is 1. The number of hydrogen-bond donors (Lipinski definition) is 1. The van der Waals surface area contributed by atoms with Gasteiger partial charge in [0.1, 0.15) is 6.54 Å². The van der Waals surface area contributed by atoms with Crippen LogP contribution in [0.1, 0.15) is 46.7 Å². The highest BCUT2D eigenvalue weighted by atomic mass is 16.5. The smallest absolute Gasteiger partial charge is 0.339 e. The summed E-state index contributed by atoms with van der Waals surface area (Å²) in [7, 11) is 0. The van der Waals surface area contributed by atoms with E-state index in [0.717, 1.165) is 16.8 Å². The predicted molar refractivity (Wildman–Crippen MR) is 110 cm³/mol. The lowest BCUT2D eigenvalue weighted by atomic mass is 10.1. The molecule has 0 aliphatic rings. The standard InChI is InChI=1S/C22H28N2O5/c1-7-28-22(27)18-11-15(4)24(16(18)5)12-20(25)29-17(6)21(26)23-19-9-8-13(2)10-14(19)3/h8-11,17H,7,12H2,1-6H3,(H,23,26). The zero-order chi connectivity index (χ0) is 21.7. The summed E-state index contributed by atoms with van der Waals surface area (Å²) >= 11 is 0. The molecule has 1 aromatic heterocycles. The number of esters is 2. The van der Waals surface area contributed by atoms with Crippen LogP contribution in [0.15, 0.2) is 24.3 Å². The van der Waals surface area contributed by atoms with E-state index in [4.69, 9.17) is 9.47 Å². The van der Waals surface area contributed by atoms with Gasteiger partial charge in [-0.3, -0.25) is 9.59 Å². The summed E-state index contributed by atoms with van der Waals surface area (Å²) in [5.74, 6) is -1.40. The molecule has 1 atom stereocenters. The maximum Gasteiger partial charge on any atom is 0.339 e. The molecule has 0 aliphatic carbocycles. The zero-order valence-corrected chi connectivity index (χ0v) is 17.8. The molecule has 0 saturated heterocycles. The van der Waals surface area contributed by atoms with Gasteiger partial charge in [-0.2, -0.15) is 0 Å². The molecule has 2 aromatic rings. The Morgan fingerprint density at radius 1 is 1.10 bits per heavy atom. The molecular formula is C22H28N2O5. The highest BCUT2D eigenvalue weighted by molar-refractivity contribution is 5.95. The summed E-state index contributed by atoms with van der Waals surface area (Å²) in [6.07, 6.45) is -0.955. The first-order chi connectivity index (χ1) is 13.6. The van der Waals surface area contributed by atoms with E-state index < -0.39 is 23.9 Å². The van der Waals surface area contributed by atoms with Crippen molar-refractivity contribution in [3.63, 3.8) is 0 Å². The van der Waals surface area contributed by atoms with Crippen molar-refractivity contribution < 1.29 is 23.9 Å². The molecule has 0 bridgehead atoms. The van der Waals surface area contributed by atoms with E-state index >= 15 is 0 Å². The Bertz CT molecular complexity index is 930. The molecule has 2 rings (SSSR count). The van der Waals surface area contributed by atoms with Gasteiger partial charge < -0.3 is 19.4 Å². The van der Waals surface area contributed by atoms with Gasteiger partial charge in [-0.1, -0.05) is 17.7 Å². The van der Waals surface area contributed by atoms with Crippen LogP contribution in [0.25, 0.3) is 0 Å². The summed E-state index contributed by atoms with van der Waals surface area (Å²) in [5, 5.41) is 2.78. The molecule has 0 saturated carbocycles. The second kappa shape index (κ2) is 9.41. The average Bonchev–Trinajstić information content (AvgIpc) is 2.92. The van der Waals surface area contributed by atoms with E-state index in [1.165, 1.54) is 6.92 Å². The monoisotopic (exact) mass is 400 g/mol. The fourth-order valence-corrected chi connectivity index (χ4v) is 3.07. The minimum absolute atomic E-state index is 0.0990. The number of amides is 1. The predicted octanol–water partition coefficient (Wildman–Crippen LogP) is 3.47. The highest BCUT2D eigenvalue weighted by Crippen LogP contribution is 2.18. The number of hydrogen-bond acceptors (Lipinski definition) is 5. The summed E-state index contributed by atoms with van der Waals surface area (Å²) in [6.45, 7) is 10.8. The molecule has 29 heavy (non-hydrogen) atoms. The van der Waals surface area contributed by atoms with Gasteiger partial charge in [0.2, 0.25) is 0 Å². The van der Waals surface area contributed by atoms with Crippen LogP contribution in [-0.4, -0.2) is 35.1 Å². The van der Waals surface area contributed by atoms with Crippen LogP contribution in [0, 0.1) is 27.7 Å². The van der Waals surface area contributed by atoms with Crippen molar-refractivity contribution in [3.8, 4) is 0 Å². The molecular weight excluding hydrogens is 372 g/mol. The summed E-state index contributed by atoms with van der Waals surface area (Å²) < 4.78 is 12.0. The maximum atomic E-state index is 12.4. The Balaban J connectivity index is 2.01. The third-order valence-corrected chi connectivity index (χ3v) is 4.67. The number of nitrogens with one attached hydrogen (secondary N) is 1. The van der Waals surface area contributed by atoms with Crippen LogP contribution < -0.4 is 5.32 Å². The Morgan fingerprint density at radius 2 is 1.79 bits per heavy atom. The largest absolute Gasteiger partial charge is 0.462 e. The van der Waals surface area contributed by atoms with E-state index in [1.54, 1.807) is 31.4 Å². The van der Waals surface area contributed by atoms with Crippen molar-refractivity contribution in [1.29, 1.82) is 0 Å². The number of ether oxygens (including phenoxy) is 2. The molecule has 1 unspecified atom stereocenters. The number of aromatic nitrogens is 1. The summed E-state index contributed by atoms with van der Waals surface area (Å²) in [6, 6.07) is 7.36. The number of rotatable bonds is 7. The minimum atomic E-state index is -0.955. The van der Waals surface area contributed by atoms with Gasteiger partial charge in [-0.05, 0) is 59.2 Å². The number of benzene rings is 1. The lowest BCUT2D eigenvalue weighted by Gasteiger charge is -2.16. The number of carbonyl (C=O) groups is 3. The molecule has 0 radical (unpaired) electrons. The molecule has 1 heterocycles. The topological polar surface area (TPSA) is 86.6 Å². The number of anilines is 1. The van der Waals surface area contributed by atoms with E-state index in [0.29, 0.717) is 16.9 Å². The fraction of sp³-hybridized carbons (Fsp3) is 0.409. The van der Waals surface area contributed by atoms with Crippen molar-refractivity contribution in [2.45, 2.75) is 54.2 Å². The zero-order valence-electron chi connectivity index (χ0n) is 17.8. The van der Waals surface area contributed by atoms with E-state index in [-0.39, 0.29) is 13.2 Å². The normalized spacial score (nSPS) is 11.7. The van der Waals surface area contributed by atoms with Crippen molar-refractivity contribution >= 4 is 23.5 Å². The third kappa shape index (κ3) is 5.47. The lowest BCUT2D eigenvalue weighted by molar-refractivity contribution is -0.153. The molecule has 1 aromatic carbocycles. The van der Waals surface area contributed by atoms with Gasteiger partial charge in [0.15, 0.2) is 6.10 Å². The average molecular weight is 400 g/mol. The second-order valence-corrected chi connectivity index (χ2v) is 7.03. The first-order valence-corrected chi connectivity index (χ1v) is 9.55. The molecule has 1 N–H and O–H groups in total. The summed E-state index contributed by atoms with van der Waals surface area (Å²) in [5.41, 5.74) is 4.47. The Hall–Kier alpha value is -3.09. The van der Waals surface area contributed by atoms with Gasteiger partial charge >= 0.3 is 11.9 Å². The Kier molecular flexibility index (Phi) is 7.20. The highest BCUT2D eigenvalue weighted by Gasteiger charge is 2.22. The van der Waals surface area contributed by atoms with Crippen LogP contribution in [0.3, 0.4) is 0 Å². The molecule has 7 nitrogen and oxygen atoms in total. The van der Waals surface area contributed by atoms with Crippen LogP contribution in [0.2, 0.25) is 0 Å². The van der Waals surface area contributed by atoms with Crippen LogP contribution in [0.5, 0.6) is 0 Å². The van der Waals surface area contributed by atoms with Crippen molar-refractivity contribution in [2.75, 3.05) is 11.9 Å². The van der Waals surface area contributed by atoms with Crippen LogP contribution >= 0.6 is 0 Å². The van der Waals surface area contributed by atoms with E-state index in [9.17, 15) is 14.4 Å². The SMILES string of the molecule is CCOC(=O)c1cc(C)n(CC(=O)OC(C)C(=O)Nc2ccc(C)cc2C)c1C. The number of aryl methyl sites for hydroxylation is 3. The number of carbonyl (C=O) groups excluding carboxylic acids is 3. The maximum absolute atomic E-state index is 12.4. The molecule has 0 fully saturated rings. The second-order valence-electron chi connectivity index (χ2n) is 7.03. The van der Waals surface area contributed by atoms with Gasteiger partial charge in [0.25, 0.3) is 5.91 Å². The molecule has 0 spiro atoms. The third-order valence-electron chi connectivity index (χ3n) is 4.67. The van der Waals surface area contributed by atoms with Crippen molar-refractivity contribution in [1.82, 2.24) is 4.57 Å². The van der Waals surface area contributed by atoms with Gasteiger partial charge in [0, 0.05) is 17.1 Å². The molecule has 7 heteroatoms. The minimum Gasteiger partial charge on any atom is -0.462 e. The Labute approximate surface area is 171 Å². The van der Waals surface area contributed by atoms with E-state index in [2.05, 4.69) is 5.32 Å². The van der Waals surface area contributed by atoms with Gasteiger partial charge in [-0.15, -0.1) is 0 Å². The van der Waals surface area contributed by atoms with Crippen molar-refractivity contribution in [2.24, 2.45) is 0 Å². The first kappa shape index (κ1) is 22.2. The first-order valence-electron chi connectivity index (χ1n) is 9.55. The van der Waals surface area contributed by atoms with Gasteiger partial charge in [0.05, 0.1) is 12.2 Å². The molecule has 0 aliphatic heterocycles. The van der Waals surface area contributed by atoms with E-state index in [1.807, 2.05) is 32.0 Å². The molecule has 1 amide bonds. The van der Waals surface area contributed by atoms with Crippen molar-refractivity contribution in [3.05, 3.63) is 52.3 Å². The fourth-order valence-electron chi connectivity index (χ4n) is 3.07. The van der Waals surface area contributed by atoms with Crippen LogP contribution in [0.4, 0.5) is 5.69 Å². The lowest BCUT2D eigenvalue weighted by Crippen LogP contribution is -2.31. The van der Waals surface area contributed by atoms with Crippen LogP contribution in [-0.2, 0) is 25.6 Å². The quantitative estimate of drug-likeness (QED) is 0.719. The van der Waals surface area contributed by atoms with Gasteiger partial charge in [-0.25, -0.2) is 4.79 Å². The molecule has 156 valence electrons.